The Kier molecular flexibility index (Phi) is 5.43. The number of rotatable bonds is 7. The fourth-order valence-electron chi connectivity index (χ4n) is 3.08. The average Bonchev–Trinajstić information content (AvgIpc) is 3.37. The number of thiazole rings is 1. The van der Waals surface area contributed by atoms with Gasteiger partial charge in [-0.25, -0.2) is 14.6 Å². The van der Waals surface area contributed by atoms with E-state index in [2.05, 4.69) is 26.4 Å². The van der Waals surface area contributed by atoms with E-state index in [0.29, 0.717) is 6.42 Å². The highest BCUT2D eigenvalue weighted by atomic mass is 32.1. The van der Waals surface area contributed by atoms with Gasteiger partial charge in [-0.05, 0) is 49.6 Å². The Hall–Kier alpha value is -3.06. The molecule has 0 radical (unpaired) electrons. The number of aromatic nitrogens is 4. The molecule has 142 valence electrons. The zero-order chi connectivity index (χ0) is 19.3. The maximum atomic E-state index is 12.3. The van der Waals surface area contributed by atoms with E-state index in [1.807, 2.05) is 49.4 Å². The number of para-hydroxylation sites is 1. The molecule has 1 N–H and O–H groups in total. The third kappa shape index (κ3) is 4.26. The molecule has 0 aliphatic rings. The highest BCUT2D eigenvalue weighted by Gasteiger charge is 2.11. The third-order valence-electron chi connectivity index (χ3n) is 4.59. The molecule has 2 aromatic carbocycles. The Morgan fingerprint density at radius 1 is 1.18 bits per heavy atom. The molecule has 6 nitrogen and oxygen atoms in total. The van der Waals surface area contributed by atoms with E-state index in [4.69, 9.17) is 0 Å². The van der Waals surface area contributed by atoms with Crippen molar-refractivity contribution in [1.82, 2.24) is 25.1 Å². The third-order valence-corrected chi connectivity index (χ3v) is 5.68. The lowest BCUT2D eigenvalue weighted by molar-refractivity contribution is -0.121. The van der Waals surface area contributed by atoms with Crippen molar-refractivity contribution in [3.63, 3.8) is 0 Å². The minimum Gasteiger partial charge on any atom is -0.350 e. The summed E-state index contributed by atoms with van der Waals surface area (Å²) in [4.78, 5) is 20.9. The number of nitrogens with one attached hydrogen (secondary N) is 1. The second-order valence-corrected chi connectivity index (χ2v) is 7.76. The molecule has 0 saturated heterocycles. The first kappa shape index (κ1) is 18.3. The van der Waals surface area contributed by atoms with Gasteiger partial charge in [0.1, 0.15) is 12.7 Å². The highest BCUT2D eigenvalue weighted by molar-refractivity contribution is 7.18. The number of fused-ring (bicyclic) bond motifs is 1. The van der Waals surface area contributed by atoms with E-state index in [-0.39, 0.29) is 11.9 Å². The van der Waals surface area contributed by atoms with Crippen molar-refractivity contribution < 1.29 is 4.79 Å². The molecule has 0 unspecified atom stereocenters. The number of carbonyl (C=O) groups excluding carboxylic acids is 1. The molecule has 0 spiro atoms. The molecule has 2 heterocycles. The number of benzene rings is 2. The molecule has 4 aromatic rings. The smallest absolute Gasteiger partial charge is 0.220 e. The van der Waals surface area contributed by atoms with Gasteiger partial charge in [0.2, 0.25) is 5.91 Å². The van der Waals surface area contributed by atoms with Crippen LogP contribution >= 0.6 is 11.3 Å². The van der Waals surface area contributed by atoms with Crippen molar-refractivity contribution in [3.8, 4) is 5.69 Å². The summed E-state index contributed by atoms with van der Waals surface area (Å²) >= 11 is 1.71. The molecule has 0 aliphatic carbocycles. The van der Waals surface area contributed by atoms with E-state index in [1.54, 1.807) is 22.3 Å². The summed E-state index contributed by atoms with van der Waals surface area (Å²) in [5, 5.41) is 8.27. The van der Waals surface area contributed by atoms with Gasteiger partial charge in [-0.3, -0.25) is 4.79 Å². The van der Waals surface area contributed by atoms with Crippen LogP contribution in [-0.4, -0.2) is 25.7 Å². The van der Waals surface area contributed by atoms with E-state index in [9.17, 15) is 4.79 Å². The molecule has 0 saturated carbocycles. The van der Waals surface area contributed by atoms with Gasteiger partial charge in [0.25, 0.3) is 0 Å². The Bertz CT molecular complexity index is 1020. The molecule has 7 heteroatoms. The van der Waals surface area contributed by atoms with Crippen LogP contribution in [-0.2, 0) is 11.2 Å². The molecule has 28 heavy (non-hydrogen) atoms. The van der Waals surface area contributed by atoms with Gasteiger partial charge in [-0.1, -0.05) is 24.3 Å². The fraction of sp³-hybridized carbons (Fsp3) is 0.238. The van der Waals surface area contributed by atoms with Crippen LogP contribution in [0.5, 0.6) is 0 Å². The Labute approximate surface area is 167 Å². The van der Waals surface area contributed by atoms with Gasteiger partial charge in [-0.15, -0.1) is 11.3 Å². The number of nitrogens with zero attached hydrogens (tertiary/aromatic N) is 4. The lowest BCUT2D eigenvalue weighted by Crippen LogP contribution is -2.26. The second-order valence-electron chi connectivity index (χ2n) is 6.65. The topological polar surface area (TPSA) is 72.7 Å². The molecule has 0 fully saturated rings. The summed E-state index contributed by atoms with van der Waals surface area (Å²) in [5.41, 5.74) is 3.04. The lowest BCUT2D eigenvalue weighted by atomic mass is 10.1. The molecule has 4 rings (SSSR count). The first-order chi connectivity index (χ1) is 13.7. The SMILES string of the molecule is C[C@@H](NC(=O)CCCc1nc2ccccc2s1)c1ccc(-n2cncn2)cc1. The zero-order valence-electron chi connectivity index (χ0n) is 15.6. The van der Waals surface area contributed by atoms with E-state index in [1.165, 1.54) is 11.0 Å². The summed E-state index contributed by atoms with van der Waals surface area (Å²) in [6.07, 6.45) is 5.28. The summed E-state index contributed by atoms with van der Waals surface area (Å²) in [6.45, 7) is 2.00. The van der Waals surface area contributed by atoms with Crippen molar-refractivity contribution in [1.29, 1.82) is 0 Å². The van der Waals surface area contributed by atoms with Crippen LogP contribution in [0.25, 0.3) is 15.9 Å². The quantitative estimate of drug-likeness (QED) is 0.515. The molecule has 1 amide bonds. The number of hydrogen-bond acceptors (Lipinski definition) is 5. The van der Waals surface area contributed by atoms with Crippen molar-refractivity contribution in [2.45, 2.75) is 32.2 Å². The van der Waals surface area contributed by atoms with E-state index in [0.717, 1.165) is 34.6 Å². The van der Waals surface area contributed by atoms with Gasteiger partial charge in [0.15, 0.2) is 0 Å². The standard InChI is InChI=1S/C21H21N5OS/c1-15(16-9-11-17(12-10-16)26-14-22-13-23-26)24-20(27)7-4-8-21-25-18-5-2-3-6-19(18)28-21/h2-3,5-6,9-15H,4,7-8H2,1H3,(H,24,27)/t15-/m1/s1. The van der Waals surface area contributed by atoms with Gasteiger partial charge in [0.05, 0.1) is 27.0 Å². The summed E-state index contributed by atoms with van der Waals surface area (Å²) in [7, 11) is 0. The normalized spacial score (nSPS) is 12.2. The number of aryl methyl sites for hydroxylation is 1. The minimum absolute atomic E-state index is 0.0419. The van der Waals surface area contributed by atoms with Gasteiger partial charge in [0, 0.05) is 6.42 Å². The average molecular weight is 392 g/mol. The predicted molar refractivity (Wildman–Crippen MR) is 110 cm³/mol. The highest BCUT2D eigenvalue weighted by Crippen LogP contribution is 2.23. The van der Waals surface area contributed by atoms with Crippen molar-refractivity contribution >= 4 is 27.5 Å². The Morgan fingerprint density at radius 2 is 2.00 bits per heavy atom. The van der Waals surface area contributed by atoms with Gasteiger partial charge < -0.3 is 5.32 Å². The second kappa shape index (κ2) is 8.31. The number of amides is 1. The van der Waals surface area contributed by atoms with Crippen LogP contribution in [0.1, 0.15) is 36.4 Å². The van der Waals surface area contributed by atoms with Gasteiger partial charge >= 0.3 is 0 Å². The van der Waals surface area contributed by atoms with Crippen LogP contribution < -0.4 is 5.32 Å². The zero-order valence-corrected chi connectivity index (χ0v) is 16.4. The molecule has 0 aliphatic heterocycles. The Morgan fingerprint density at radius 3 is 2.75 bits per heavy atom. The maximum absolute atomic E-state index is 12.3. The summed E-state index contributed by atoms with van der Waals surface area (Å²) < 4.78 is 2.90. The fourth-order valence-corrected chi connectivity index (χ4v) is 4.09. The van der Waals surface area contributed by atoms with Crippen molar-refractivity contribution in [3.05, 3.63) is 71.8 Å². The maximum Gasteiger partial charge on any atom is 0.220 e. The van der Waals surface area contributed by atoms with Crippen molar-refractivity contribution in [2.75, 3.05) is 0 Å². The van der Waals surface area contributed by atoms with Crippen LogP contribution in [0.4, 0.5) is 0 Å². The largest absolute Gasteiger partial charge is 0.350 e. The number of hydrogen-bond donors (Lipinski definition) is 1. The van der Waals surface area contributed by atoms with E-state index < -0.39 is 0 Å². The van der Waals surface area contributed by atoms with Crippen LogP contribution in [0, 0.1) is 0 Å². The van der Waals surface area contributed by atoms with Crippen LogP contribution in [0.2, 0.25) is 0 Å². The number of carbonyl (C=O) groups is 1. The molecule has 2 aromatic heterocycles. The minimum atomic E-state index is -0.0419. The Balaban J connectivity index is 1.27. The first-order valence-corrected chi connectivity index (χ1v) is 10.1. The van der Waals surface area contributed by atoms with Gasteiger partial charge in [-0.2, -0.15) is 5.10 Å². The van der Waals surface area contributed by atoms with E-state index >= 15 is 0 Å². The molecular formula is C21H21N5OS. The van der Waals surface area contributed by atoms with Crippen molar-refractivity contribution in [2.24, 2.45) is 0 Å². The molecule has 0 bridgehead atoms. The molecule has 1 atom stereocenters. The summed E-state index contributed by atoms with van der Waals surface area (Å²) in [6, 6.07) is 16.0. The monoisotopic (exact) mass is 391 g/mol. The predicted octanol–water partition coefficient (Wildman–Crippen LogP) is 4.08. The molecular weight excluding hydrogens is 370 g/mol. The van der Waals surface area contributed by atoms with Crippen LogP contribution in [0.15, 0.2) is 61.2 Å². The van der Waals surface area contributed by atoms with Crippen LogP contribution in [0.3, 0.4) is 0 Å². The lowest BCUT2D eigenvalue weighted by Gasteiger charge is -2.14. The first-order valence-electron chi connectivity index (χ1n) is 9.28. The summed E-state index contributed by atoms with van der Waals surface area (Å²) in [5.74, 6) is 0.0639.